The molecule has 0 radical (unpaired) electrons. The summed E-state index contributed by atoms with van der Waals surface area (Å²) in [4.78, 5) is 12.5. The second kappa shape index (κ2) is 10.5. The molecule has 0 aliphatic carbocycles. The maximum atomic E-state index is 12.7. The van der Waals surface area contributed by atoms with Gasteiger partial charge in [0.1, 0.15) is 5.69 Å². The highest BCUT2D eigenvalue weighted by atomic mass is 32.2. The van der Waals surface area contributed by atoms with E-state index >= 15 is 0 Å². The van der Waals surface area contributed by atoms with Gasteiger partial charge in [0, 0.05) is 24.4 Å². The maximum absolute atomic E-state index is 12.7. The molecule has 0 unspecified atom stereocenters. The fourth-order valence-electron chi connectivity index (χ4n) is 3.40. The Balaban J connectivity index is 1.49. The lowest BCUT2D eigenvalue weighted by atomic mass is 10.1. The second-order valence-electron chi connectivity index (χ2n) is 7.95. The minimum atomic E-state index is -3.79. The highest BCUT2D eigenvalue weighted by molar-refractivity contribution is 7.89. The van der Waals surface area contributed by atoms with E-state index in [9.17, 15) is 13.2 Å². The summed E-state index contributed by atoms with van der Waals surface area (Å²) in [6.07, 6.45) is 3.32. The zero-order chi connectivity index (χ0) is 24.8. The molecule has 0 spiro atoms. The molecule has 0 aliphatic rings. The molecular weight excluding hydrogens is 462 g/mol. The fraction of sp³-hybridized carbons (Fsp3) is 0.115. The van der Waals surface area contributed by atoms with Crippen LogP contribution in [0.25, 0.3) is 16.9 Å². The van der Waals surface area contributed by atoms with E-state index in [2.05, 4.69) is 10.5 Å². The van der Waals surface area contributed by atoms with Crippen LogP contribution in [-0.4, -0.2) is 48.2 Å². The van der Waals surface area contributed by atoms with Crippen LogP contribution in [0.5, 0.6) is 0 Å². The standard InChI is InChI=1S/C26H25N5O3S/c1-20-13-15-24(16-14-20)35(33,34)30(2)19-25(32)28-27-17-22-18-31(23-11-7-4-8-12-23)29-26(22)21-9-5-3-6-10-21/h3-18H,19H2,1-2H3,(H,28,32)/b27-17+. The highest BCUT2D eigenvalue weighted by Crippen LogP contribution is 2.22. The lowest BCUT2D eigenvalue weighted by Gasteiger charge is -2.16. The summed E-state index contributed by atoms with van der Waals surface area (Å²) in [6.45, 7) is 1.50. The van der Waals surface area contributed by atoms with Gasteiger partial charge in [-0.2, -0.15) is 14.5 Å². The van der Waals surface area contributed by atoms with E-state index in [-0.39, 0.29) is 11.4 Å². The number of hydrazone groups is 1. The average Bonchev–Trinajstić information content (AvgIpc) is 3.29. The Morgan fingerprint density at radius 3 is 2.29 bits per heavy atom. The minimum absolute atomic E-state index is 0.128. The first-order valence-corrected chi connectivity index (χ1v) is 12.3. The second-order valence-corrected chi connectivity index (χ2v) is 9.99. The van der Waals surface area contributed by atoms with E-state index in [0.717, 1.165) is 21.1 Å². The minimum Gasteiger partial charge on any atom is -0.272 e. The molecule has 0 aliphatic heterocycles. The van der Waals surface area contributed by atoms with Gasteiger partial charge < -0.3 is 0 Å². The van der Waals surface area contributed by atoms with Gasteiger partial charge in [-0.1, -0.05) is 66.2 Å². The Labute approximate surface area is 204 Å². The van der Waals surface area contributed by atoms with Crippen molar-refractivity contribution in [3.63, 3.8) is 0 Å². The summed E-state index contributed by atoms with van der Waals surface area (Å²) in [5.74, 6) is -0.559. The van der Waals surface area contributed by atoms with Gasteiger partial charge in [-0.05, 0) is 31.2 Å². The molecule has 1 amide bonds. The molecule has 9 heteroatoms. The summed E-state index contributed by atoms with van der Waals surface area (Å²) < 4.78 is 28.2. The molecule has 0 saturated carbocycles. The topological polar surface area (TPSA) is 96.7 Å². The van der Waals surface area contributed by atoms with Crippen LogP contribution in [-0.2, 0) is 14.8 Å². The smallest absolute Gasteiger partial charge is 0.255 e. The normalized spacial score (nSPS) is 11.7. The average molecular weight is 488 g/mol. The number of nitrogens with zero attached hydrogens (tertiary/aromatic N) is 4. The van der Waals surface area contributed by atoms with Crippen LogP contribution in [0, 0.1) is 6.92 Å². The molecular formula is C26H25N5O3S. The lowest BCUT2D eigenvalue weighted by molar-refractivity contribution is -0.121. The molecule has 0 saturated heterocycles. The van der Waals surface area contributed by atoms with Gasteiger partial charge in [-0.25, -0.2) is 18.5 Å². The lowest BCUT2D eigenvalue weighted by Crippen LogP contribution is -2.36. The molecule has 3 aromatic carbocycles. The third kappa shape index (κ3) is 5.71. The summed E-state index contributed by atoms with van der Waals surface area (Å²) in [5.41, 5.74) is 6.54. The molecule has 0 fully saturated rings. The predicted octanol–water partition coefficient (Wildman–Crippen LogP) is 3.62. The van der Waals surface area contributed by atoms with Gasteiger partial charge in [-0.15, -0.1) is 0 Å². The summed E-state index contributed by atoms with van der Waals surface area (Å²) in [6, 6.07) is 25.8. The molecule has 4 rings (SSSR count). The van der Waals surface area contributed by atoms with Gasteiger partial charge in [0.25, 0.3) is 5.91 Å². The quantitative estimate of drug-likeness (QED) is 0.303. The Kier molecular flexibility index (Phi) is 7.19. The van der Waals surface area contributed by atoms with Crippen molar-refractivity contribution in [3.05, 3.63) is 102 Å². The van der Waals surface area contributed by atoms with Crippen molar-refractivity contribution in [2.24, 2.45) is 5.10 Å². The van der Waals surface area contributed by atoms with E-state index in [1.165, 1.54) is 25.4 Å². The van der Waals surface area contributed by atoms with Crippen LogP contribution in [0.3, 0.4) is 0 Å². The number of carbonyl (C=O) groups excluding carboxylic acids is 1. The van der Waals surface area contributed by atoms with E-state index < -0.39 is 15.9 Å². The van der Waals surface area contributed by atoms with Crippen LogP contribution in [0.15, 0.2) is 101 Å². The molecule has 8 nitrogen and oxygen atoms in total. The van der Waals surface area contributed by atoms with Gasteiger partial charge in [0.2, 0.25) is 10.0 Å². The van der Waals surface area contributed by atoms with Gasteiger partial charge in [0.05, 0.1) is 23.3 Å². The number of para-hydroxylation sites is 1. The fourth-order valence-corrected chi connectivity index (χ4v) is 4.53. The SMILES string of the molecule is Cc1ccc(S(=O)(=O)N(C)CC(=O)N/N=C/c2cn(-c3ccccc3)nc2-c2ccccc2)cc1. The summed E-state index contributed by atoms with van der Waals surface area (Å²) in [5, 5.41) is 8.75. The molecule has 4 aromatic rings. The number of amides is 1. The Morgan fingerprint density at radius 2 is 1.63 bits per heavy atom. The zero-order valence-corrected chi connectivity index (χ0v) is 20.2. The van der Waals surface area contributed by atoms with E-state index in [0.29, 0.717) is 11.3 Å². The number of hydrogen-bond donors (Lipinski definition) is 1. The van der Waals surface area contributed by atoms with Crippen molar-refractivity contribution in [1.82, 2.24) is 19.5 Å². The zero-order valence-electron chi connectivity index (χ0n) is 19.4. The molecule has 178 valence electrons. The molecule has 1 heterocycles. The van der Waals surface area contributed by atoms with Crippen molar-refractivity contribution < 1.29 is 13.2 Å². The van der Waals surface area contributed by atoms with Gasteiger partial charge in [0.15, 0.2) is 0 Å². The summed E-state index contributed by atoms with van der Waals surface area (Å²) >= 11 is 0. The third-order valence-corrected chi connectivity index (χ3v) is 7.12. The number of aryl methyl sites for hydroxylation is 1. The van der Waals surface area contributed by atoms with Crippen LogP contribution in [0.4, 0.5) is 0 Å². The first-order valence-electron chi connectivity index (χ1n) is 10.9. The number of sulfonamides is 1. The molecule has 0 bridgehead atoms. The van der Waals surface area contributed by atoms with E-state index in [1.54, 1.807) is 16.8 Å². The van der Waals surface area contributed by atoms with Crippen molar-refractivity contribution in [3.8, 4) is 16.9 Å². The van der Waals surface area contributed by atoms with Crippen LogP contribution < -0.4 is 5.43 Å². The number of hydrogen-bond acceptors (Lipinski definition) is 5. The first kappa shape index (κ1) is 24.1. The van der Waals surface area contributed by atoms with Crippen molar-refractivity contribution in [1.29, 1.82) is 0 Å². The van der Waals surface area contributed by atoms with Crippen LogP contribution in [0.2, 0.25) is 0 Å². The monoisotopic (exact) mass is 487 g/mol. The Hall–Kier alpha value is -4.08. The number of benzene rings is 3. The number of likely N-dealkylation sites (N-methyl/N-ethyl adjacent to an activating group) is 1. The Morgan fingerprint density at radius 1 is 1.00 bits per heavy atom. The number of nitrogens with one attached hydrogen (secondary N) is 1. The number of aromatic nitrogens is 2. The third-order valence-electron chi connectivity index (χ3n) is 5.30. The van der Waals surface area contributed by atoms with Crippen molar-refractivity contribution in [2.75, 3.05) is 13.6 Å². The molecule has 0 atom stereocenters. The van der Waals surface area contributed by atoms with Gasteiger partial charge in [-0.3, -0.25) is 4.79 Å². The van der Waals surface area contributed by atoms with Crippen molar-refractivity contribution >= 4 is 22.1 Å². The van der Waals surface area contributed by atoms with Crippen molar-refractivity contribution in [2.45, 2.75) is 11.8 Å². The largest absolute Gasteiger partial charge is 0.272 e. The van der Waals surface area contributed by atoms with E-state index in [4.69, 9.17) is 5.10 Å². The predicted molar refractivity (Wildman–Crippen MR) is 136 cm³/mol. The van der Waals surface area contributed by atoms with Crippen LogP contribution >= 0.6 is 0 Å². The van der Waals surface area contributed by atoms with Crippen LogP contribution in [0.1, 0.15) is 11.1 Å². The first-order chi connectivity index (χ1) is 16.8. The molecule has 35 heavy (non-hydrogen) atoms. The van der Waals surface area contributed by atoms with Gasteiger partial charge >= 0.3 is 0 Å². The maximum Gasteiger partial charge on any atom is 0.255 e. The summed E-state index contributed by atoms with van der Waals surface area (Å²) in [7, 11) is -2.43. The molecule has 1 N–H and O–H groups in total. The highest BCUT2D eigenvalue weighted by Gasteiger charge is 2.22. The molecule has 1 aromatic heterocycles. The number of rotatable bonds is 8. The Bertz CT molecular complexity index is 1430. The number of carbonyl (C=O) groups is 1. The van der Waals surface area contributed by atoms with E-state index in [1.807, 2.05) is 73.8 Å².